The standard InChI is InChI=1S/C18H16N2O2.ClHO4/c1-20(2)14-10-7-13(8-11-14)9-12-17-19-18(21)15-5-3-4-6-16(15)22-17;2-1(3,4)5/h3-12H,1-2H3;(H,2,3,4,5)/b12-9+;. The molecule has 0 saturated heterocycles. The monoisotopic (exact) mass is 392 g/mol. The molecular weight excluding hydrogens is 376 g/mol. The fourth-order valence-corrected chi connectivity index (χ4v) is 2.15. The molecule has 2 aromatic carbocycles. The number of para-hydroxylation sites is 1. The molecule has 0 aliphatic heterocycles. The van der Waals surface area contributed by atoms with E-state index in [1.165, 1.54) is 0 Å². The van der Waals surface area contributed by atoms with E-state index in [0.29, 0.717) is 16.9 Å². The highest BCUT2D eigenvalue weighted by Crippen LogP contribution is 2.15. The topological polar surface area (TPSA) is 136 Å². The molecule has 0 aliphatic carbocycles. The van der Waals surface area contributed by atoms with Crippen molar-refractivity contribution in [1.82, 2.24) is 4.98 Å². The quantitative estimate of drug-likeness (QED) is 0.618. The van der Waals surface area contributed by atoms with E-state index in [9.17, 15) is 4.79 Å². The summed E-state index contributed by atoms with van der Waals surface area (Å²) in [6, 6.07) is 15.2. The van der Waals surface area contributed by atoms with E-state index in [1.807, 2.05) is 55.4 Å². The number of halogens is 1. The molecule has 0 unspecified atom stereocenters. The Balaban J connectivity index is 0.000000465. The van der Waals surface area contributed by atoms with Gasteiger partial charge < -0.3 is 9.32 Å². The molecule has 8 nitrogen and oxygen atoms in total. The first-order valence-corrected chi connectivity index (χ1v) is 8.88. The number of hydrogen-bond donors (Lipinski definition) is 1. The third-order valence-electron chi connectivity index (χ3n) is 3.37. The van der Waals surface area contributed by atoms with Gasteiger partial charge in [0.1, 0.15) is 5.58 Å². The summed E-state index contributed by atoms with van der Waals surface area (Å²) in [6.07, 6.45) is 3.58. The van der Waals surface area contributed by atoms with Crippen LogP contribution in [0, 0.1) is 10.2 Å². The average Bonchev–Trinajstić information content (AvgIpc) is 2.59. The van der Waals surface area contributed by atoms with Crippen molar-refractivity contribution in [2.24, 2.45) is 0 Å². The first-order chi connectivity index (χ1) is 12.6. The van der Waals surface area contributed by atoms with Crippen molar-refractivity contribution in [2.75, 3.05) is 19.0 Å². The second-order valence-electron chi connectivity index (χ2n) is 5.57. The van der Waals surface area contributed by atoms with Crippen molar-refractivity contribution >= 4 is 28.8 Å². The molecule has 0 fully saturated rings. The zero-order valence-electron chi connectivity index (χ0n) is 14.5. The molecule has 142 valence electrons. The predicted octanol–water partition coefficient (Wildman–Crippen LogP) is -0.700. The minimum atomic E-state index is -4.69. The molecule has 27 heavy (non-hydrogen) atoms. The van der Waals surface area contributed by atoms with Crippen LogP contribution in [0.1, 0.15) is 11.5 Å². The predicted molar refractivity (Wildman–Crippen MR) is 92.2 cm³/mol. The molecule has 3 aromatic rings. The summed E-state index contributed by atoms with van der Waals surface area (Å²) >= 11 is 0. The first-order valence-electron chi connectivity index (χ1n) is 7.62. The third kappa shape index (κ3) is 6.81. The molecule has 1 heterocycles. The summed E-state index contributed by atoms with van der Waals surface area (Å²) in [5.41, 5.74) is 2.42. The lowest BCUT2D eigenvalue weighted by atomic mass is 10.2. The maximum Gasteiger partial charge on any atom is 0.284 e. The highest BCUT2D eigenvalue weighted by Gasteiger charge is 2.03. The average molecular weight is 393 g/mol. The van der Waals surface area contributed by atoms with Crippen LogP contribution >= 0.6 is 0 Å². The van der Waals surface area contributed by atoms with E-state index >= 15 is 0 Å². The Labute approximate surface area is 157 Å². The fourth-order valence-electron chi connectivity index (χ4n) is 2.15. The molecule has 0 amide bonds. The van der Waals surface area contributed by atoms with Gasteiger partial charge in [0, 0.05) is 25.9 Å². The summed E-state index contributed by atoms with van der Waals surface area (Å²) in [5.74, 6) is 0.306. The van der Waals surface area contributed by atoms with Gasteiger partial charge in [-0.3, -0.25) is 4.79 Å². The zero-order chi connectivity index (χ0) is 20.0. The molecule has 3 rings (SSSR count). The van der Waals surface area contributed by atoms with Crippen LogP contribution < -0.4 is 24.4 Å². The van der Waals surface area contributed by atoms with E-state index in [0.717, 1.165) is 11.3 Å². The maximum atomic E-state index is 11.9. The third-order valence-corrected chi connectivity index (χ3v) is 3.37. The zero-order valence-corrected chi connectivity index (χ0v) is 15.3. The lowest BCUT2D eigenvalue weighted by Gasteiger charge is -2.11. The fraction of sp³-hybridized carbons (Fsp3) is 0.111. The number of rotatable bonds is 3. The van der Waals surface area contributed by atoms with E-state index in [4.69, 9.17) is 23.1 Å². The Bertz CT molecular complexity index is 972. The summed E-state index contributed by atoms with van der Waals surface area (Å²) in [7, 11) is -0.697. The number of hydrogen-bond acceptors (Lipinski definition) is 8. The SMILES string of the molecule is CN(C)c1ccc(/C=C/c2nc(=O)c3ccccc3o2)cc1.[O-][Cl+3]([O-])([O-])O. The first kappa shape index (κ1) is 20.6. The van der Waals surface area contributed by atoms with Crippen LogP contribution in [0.5, 0.6) is 0 Å². The molecule has 0 atom stereocenters. The Kier molecular flexibility index (Phi) is 6.67. The minimum Gasteiger partial charge on any atom is -0.438 e. The van der Waals surface area contributed by atoms with E-state index in [1.54, 1.807) is 24.3 Å². The number of anilines is 1. The van der Waals surface area contributed by atoms with Gasteiger partial charge in [-0.2, -0.15) is 19.0 Å². The number of nitrogens with zero attached hydrogens (tertiary/aromatic N) is 2. The summed E-state index contributed by atoms with van der Waals surface area (Å²) < 4.78 is 38.3. The lowest BCUT2D eigenvalue weighted by molar-refractivity contribution is -1.92. The van der Waals surface area contributed by atoms with Gasteiger partial charge in [0.05, 0.1) is 20.3 Å². The highest BCUT2D eigenvalue weighted by atomic mass is 35.7. The second-order valence-corrected chi connectivity index (χ2v) is 6.36. The Hall–Kier alpha value is -2.75. The van der Waals surface area contributed by atoms with Crippen LogP contribution in [-0.2, 0) is 0 Å². The van der Waals surface area contributed by atoms with Crippen LogP contribution in [0.2, 0.25) is 0 Å². The van der Waals surface area contributed by atoms with Gasteiger partial charge in [-0.1, -0.05) is 24.3 Å². The van der Waals surface area contributed by atoms with E-state index < -0.39 is 10.2 Å². The number of fused-ring (bicyclic) bond motifs is 1. The largest absolute Gasteiger partial charge is 0.438 e. The smallest absolute Gasteiger partial charge is 0.284 e. The molecule has 0 saturated carbocycles. The van der Waals surface area contributed by atoms with E-state index in [2.05, 4.69) is 4.98 Å². The maximum absolute atomic E-state index is 11.9. The normalized spacial score (nSPS) is 11.3. The Morgan fingerprint density at radius 2 is 1.63 bits per heavy atom. The summed E-state index contributed by atoms with van der Waals surface area (Å²) in [4.78, 5) is 17.9. The molecule has 0 bridgehead atoms. The van der Waals surface area contributed by atoms with E-state index in [-0.39, 0.29) is 5.56 Å². The van der Waals surface area contributed by atoms with Crippen molar-refractivity contribution in [3.63, 3.8) is 0 Å². The highest BCUT2D eigenvalue weighted by molar-refractivity contribution is 5.76. The van der Waals surface area contributed by atoms with Gasteiger partial charge >= 0.3 is 0 Å². The van der Waals surface area contributed by atoms with Gasteiger partial charge in [0.15, 0.2) is 0 Å². The molecule has 1 N–H and O–H groups in total. The summed E-state index contributed by atoms with van der Waals surface area (Å²) in [6.45, 7) is 0. The minimum absolute atomic E-state index is 0.274. The number of aromatic nitrogens is 1. The molecule has 0 spiro atoms. The van der Waals surface area contributed by atoms with Gasteiger partial charge in [0.25, 0.3) is 5.56 Å². The van der Waals surface area contributed by atoms with Crippen molar-refractivity contribution in [1.29, 1.82) is 0 Å². The van der Waals surface area contributed by atoms with Gasteiger partial charge in [0.2, 0.25) is 5.89 Å². The van der Waals surface area contributed by atoms with Crippen molar-refractivity contribution in [3.05, 3.63) is 70.3 Å². The van der Waals surface area contributed by atoms with Crippen LogP contribution in [0.25, 0.3) is 23.1 Å². The van der Waals surface area contributed by atoms with Crippen molar-refractivity contribution in [2.45, 2.75) is 0 Å². The molecule has 1 aromatic heterocycles. The Morgan fingerprint density at radius 1 is 1.04 bits per heavy atom. The second kappa shape index (κ2) is 8.76. The molecule has 0 aliphatic rings. The van der Waals surface area contributed by atoms with Gasteiger partial charge in [-0.25, -0.2) is 0 Å². The van der Waals surface area contributed by atoms with Crippen LogP contribution in [0.3, 0.4) is 0 Å². The summed E-state index contributed by atoms with van der Waals surface area (Å²) in [5, 5.41) is 0.495. The lowest BCUT2D eigenvalue weighted by Crippen LogP contribution is -2.58. The van der Waals surface area contributed by atoms with Crippen LogP contribution in [0.4, 0.5) is 5.69 Å². The molecular formula is C18H17ClN2O6. The molecule has 9 heteroatoms. The Morgan fingerprint density at radius 3 is 2.22 bits per heavy atom. The van der Waals surface area contributed by atoms with Gasteiger partial charge in [-0.15, -0.1) is 0 Å². The van der Waals surface area contributed by atoms with Crippen molar-refractivity contribution in [3.8, 4) is 0 Å². The van der Waals surface area contributed by atoms with Crippen LogP contribution in [0.15, 0.2) is 57.7 Å². The van der Waals surface area contributed by atoms with Crippen molar-refractivity contribution < 1.29 is 33.3 Å². The van der Waals surface area contributed by atoms with Gasteiger partial charge in [-0.05, 0) is 35.9 Å². The molecule has 0 radical (unpaired) electrons. The van der Waals surface area contributed by atoms with Crippen LogP contribution in [-0.4, -0.2) is 23.7 Å². The number of benzene rings is 2.